The minimum Gasteiger partial charge on any atom is -0.397 e. The summed E-state index contributed by atoms with van der Waals surface area (Å²) in [6.45, 7) is 1.81. The second kappa shape index (κ2) is 5.46. The highest BCUT2D eigenvalue weighted by molar-refractivity contribution is 6.43. The summed E-state index contributed by atoms with van der Waals surface area (Å²) >= 11 is 11.7. The van der Waals surface area contributed by atoms with E-state index in [0.717, 1.165) is 0 Å². The minimum atomic E-state index is -0.354. The van der Waals surface area contributed by atoms with E-state index in [2.05, 4.69) is 15.5 Å². The molecule has 100 valence electrons. The van der Waals surface area contributed by atoms with E-state index in [4.69, 9.17) is 33.5 Å². The summed E-state index contributed by atoms with van der Waals surface area (Å²) in [5.41, 5.74) is 6.19. The number of nitrogens with one attached hydrogen (secondary N) is 1. The first kappa shape index (κ1) is 13.6. The Morgan fingerprint density at radius 2 is 2.21 bits per heavy atom. The van der Waals surface area contributed by atoms with Gasteiger partial charge in [-0.05, 0) is 12.1 Å². The molecule has 1 aromatic heterocycles. The lowest BCUT2D eigenvalue weighted by Gasteiger charge is -2.06. The van der Waals surface area contributed by atoms with Crippen molar-refractivity contribution in [3.05, 3.63) is 39.5 Å². The summed E-state index contributed by atoms with van der Waals surface area (Å²) < 4.78 is 4.79. The molecule has 0 saturated heterocycles. The Morgan fingerprint density at radius 1 is 1.47 bits per heavy atom. The number of benzene rings is 1. The predicted molar refractivity (Wildman–Crippen MR) is 71.1 cm³/mol. The summed E-state index contributed by atoms with van der Waals surface area (Å²) in [6, 6.07) is 2.89. The molecule has 0 unspecified atom stereocenters. The second-order valence-corrected chi connectivity index (χ2v) is 4.56. The molecule has 0 bridgehead atoms. The van der Waals surface area contributed by atoms with Crippen LogP contribution in [0.4, 0.5) is 5.69 Å². The molecule has 0 spiro atoms. The van der Waals surface area contributed by atoms with Crippen LogP contribution in [-0.4, -0.2) is 16.0 Å². The van der Waals surface area contributed by atoms with Crippen LogP contribution >= 0.6 is 23.2 Å². The van der Waals surface area contributed by atoms with E-state index < -0.39 is 0 Å². The van der Waals surface area contributed by atoms with Gasteiger partial charge in [-0.15, -0.1) is 0 Å². The molecule has 0 fully saturated rings. The quantitative estimate of drug-likeness (QED) is 0.847. The zero-order chi connectivity index (χ0) is 14.0. The number of anilines is 1. The average molecular weight is 301 g/mol. The Morgan fingerprint density at radius 3 is 2.79 bits per heavy atom. The minimum absolute atomic E-state index is 0.149. The molecule has 2 rings (SSSR count). The van der Waals surface area contributed by atoms with E-state index in [1.54, 1.807) is 6.92 Å². The number of nitrogen functional groups attached to an aromatic ring is 1. The summed E-state index contributed by atoms with van der Waals surface area (Å²) in [5.74, 6) is 0.467. The molecular weight excluding hydrogens is 291 g/mol. The molecule has 2 aromatic rings. The fourth-order valence-electron chi connectivity index (χ4n) is 1.42. The topological polar surface area (TPSA) is 94.0 Å². The summed E-state index contributed by atoms with van der Waals surface area (Å²) in [6.07, 6.45) is 0. The highest BCUT2D eigenvalue weighted by Crippen LogP contribution is 2.29. The first-order valence-electron chi connectivity index (χ1n) is 5.29. The van der Waals surface area contributed by atoms with Gasteiger partial charge in [-0.2, -0.15) is 4.98 Å². The third kappa shape index (κ3) is 3.15. The molecule has 8 heteroatoms. The van der Waals surface area contributed by atoms with E-state index >= 15 is 0 Å². The van der Waals surface area contributed by atoms with Crippen LogP contribution in [0.15, 0.2) is 16.7 Å². The number of aromatic nitrogens is 2. The maximum absolute atomic E-state index is 11.9. The van der Waals surface area contributed by atoms with Gasteiger partial charge in [-0.1, -0.05) is 28.4 Å². The molecule has 6 nitrogen and oxygen atoms in total. The molecule has 3 N–H and O–H groups in total. The van der Waals surface area contributed by atoms with Crippen molar-refractivity contribution in [2.45, 2.75) is 13.5 Å². The predicted octanol–water partition coefficient (Wildman–Crippen LogP) is 2.20. The first-order chi connectivity index (χ1) is 8.97. The van der Waals surface area contributed by atoms with E-state index in [0.29, 0.717) is 17.3 Å². The summed E-state index contributed by atoms with van der Waals surface area (Å²) in [4.78, 5) is 15.8. The number of nitrogens with two attached hydrogens (primary N) is 1. The van der Waals surface area contributed by atoms with Crippen LogP contribution in [0.3, 0.4) is 0 Å². The molecule has 1 aromatic carbocycles. The molecule has 0 aliphatic rings. The van der Waals surface area contributed by atoms with Crippen molar-refractivity contribution < 1.29 is 9.32 Å². The molecule has 19 heavy (non-hydrogen) atoms. The van der Waals surface area contributed by atoms with Crippen molar-refractivity contribution >= 4 is 34.8 Å². The fraction of sp³-hybridized carbons (Fsp3) is 0.182. The summed E-state index contributed by atoms with van der Waals surface area (Å²) in [7, 11) is 0. The Balaban J connectivity index is 2.08. The third-order valence-corrected chi connectivity index (χ3v) is 3.11. The molecule has 0 atom stereocenters. The normalized spacial score (nSPS) is 10.5. The van der Waals surface area contributed by atoms with Crippen LogP contribution in [0.5, 0.6) is 0 Å². The Kier molecular flexibility index (Phi) is 3.92. The Bertz CT molecular complexity index is 604. The molecule has 0 radical (unpaired) electrons. The lowest BCUT2D eigenvalue weighted by atomic mass is 10.2. The monoisotopic (exact) mass is 300 g/mol. The van der Waals surface area contributed by atoms with Crippen LogP contribution in [0.25, 0.3) is 0 Å². The number of hydrogen-bond donors (Lipinski definition) is 2. The van der Waals surface area contributed by atoms with Gasteiger partial charge in [0.2, 0.25) is 5.89 Å². The number of halogens is 2. The van der Waals surface area contributed by atoms with Gasteiger partial charge in [0.15, 0.2) is 5.82 Å². The smallest absolute Gasteiger partial charge is 0.251 e. The van der Waals surface area contributed by atoms with Crippen molar-refractivity contribution in [3.63, 3.8) is 0 Å². The van der Waals surface area contributed by atoms with Gasteiger partial charge < -0.3 is 15.6 Å². The Labute approximate surface area is 118 Å². The molecular formula is C11H10Cl2N4O2. The van der Waals surface area contributed by atoms with Crippen molar-refractivity contribution in [3.8, 4) is 0 Å². The van der Waals surface area contributed by atoms with E-state index in [9.17, 15) is 4.79 Å². The number of rotatable bonds is 3. The van der Waals surface area contributed by atoms with Gasteiger partial charge in [0.1, 0.15) is 0 Å². The molecule has 1 heterocycles. The third-order valence-electron chi connectivity index (χ3n) is 2.30. The van der Waals surface area contributed by atoms with Gasteiger partial charge in [-0.3, -0.25) is 4.79 Å². The lowest BCUT2D eigenvalue weighted by molar-refractivity contribution is 0.0949. The second-order valence-electron chi connectivity index (χ2n) is 3.77. The first-order valence-corrected chi connectivity index (χ1v) is 6.05. The van der Waals surface area contributed by atoms with Crippen LogP contribution in [0.1, 0.15) is 22.1 Å². The SMILES string of the molecule is Cc1nc(CNC(=O)c2cc(N)c(Cl)c(Cl)c2)no1. The van der Waals surface area contributed by atoms with Crippen molar-refractivity contribution in [2.24, 2.45) is 0 Å². The van der Waals surface area contributed by atoms with Crippen molar-refractivity contribution in [1.82, 2.24) is 15.5 Å². The highest BCUT2D eigenvalue weighted by Gasteiger charge is 2.12. The van der Waals surface area contributed by atoms with Gasteiger partial charge >= 0.3 is 0 Å². The largest absolute Gasteiger partial charge is 0.397 e. The van der Waals surface area contributed by atoms with Crippen molar-refractivity contribution in [2.75, 3.05) is 5.73 Å². The fourth-order valence-corrected chi connectivity index (χ4v) is 1.75. The molecule has 0 saturated carbocycles. The number of carbonyl (C=O) groups is 1. The van der Waals surface area contributed by atoms with Gasteiger partial charge in [-0.25, -0.2) is 0 Å². The zero-order valence-corrected chi connectivity index (χ0v) is 11.4. The van der Waals surface area contributed by atoms with Crippen LogP contribution in [0.2, 0.25) is 10.0 Å². The van der Waals surface area contributed by atoms with Gasteiger partial charge in [0, 0.05) is 12.5 Å². The van der Waals surface area contributed by atoms with E-state index in [1.807, 2.05) is 0 Å². The van der Waals surface area contributed by atoms with Crippen LogP contribution < -0.4 is 11.1 Å². The Hall–Kier alpha value is -1.79. The lowest BCUT2D eigenvalue weighted by Crippen LogP contribution is -2.23. The number of nitrogens with zero attached hydrogens (tertiary/aromatic N) is 2. The number of carbonyl (C=O) groups excluding carboxylic acids is 1. The maximum Gasteiger partial charge on any atom is 0.251 e. The van der Waals surface area contributed by atoms with Crippen molar-refractivity contribution in [1.29, 1.82) is 0 Å². The van der Waals surface area contributed by atoms with Crippen LogP contribution in [0, 0.1) is 6.92 Å². The number of hydrogen-bond acceptors (Lipinski definition) is 5. The molecule has 1 amide bonds. The average Bonchev–Trinajstić information content (AvgIpc) is 2.78. The standard InChI is InChI=1S/C11H10Cl2N4O2/c1-5-16-9(17-19-5)4-15-11(18)6-2-7(12)10(13)8(14)3-6/h2-3H,4,14H2,1H3,(H,15,18). The molecule has 0 aliphatic heterocycles. The molecule has 0 aliphatic carbocycles. The number of aryl methyl sites for hydroxylation is 1. The van der Waals surface area contributed by atoms with Crippen LogP contribution in [-0.2, 0) is 6.54 Å². The summed E-state index contributed by atoms with van der Waals surface area (Å²) in [5, 5.41) is 6.73. The van der Waals surface area contributed by atoms with E-state index in [1.165, 1.54) is 12.1 Å². The maximum atomic E-state index is 11.9. The van der Waals surface area contributed by atoms with Gasteiger partial charge in [0.25, 0.3) is 5.91 Å². The highest BCUT2D eigenvalue weighted by atomic mass is 35.5. The van der Waals surface area contributed by atoms with E-state index in [-0.39, 0.29) is 28.2 Å². The number of amides is 1. The zero-order valence-electron chi connectivity index (χ0n) is 9.91. The van der Waals surface area contributed by atoms with Gasteiger partial charge in [0.05, 0.1) is 22.3 Å².